The molecule has 1 amide bonds. The van der Waals surface area contributed by atoms with Gasteiger partial charge in [0, 0.05) is 19.1 Å². The van der Waals surface area contributed by atoms with E-state index in [0.717, 1.165) is 26.1 Å². The van der Waals surface area contributed by atoms with Crippen LogP contribution in [0.2, 0.25) is 0 Å². The van der Waals surface area contributed by atoms with Gasteiger partial charge in [0.1, 0.15) is 0 Å². The van der Waals surface area contributed by atoms with Gasteiger partial charge in [-0.2, -0.15) is 0 Å². The highest BCUT2D eigenvalue weighted by Crippen LogP contribution is 2.13. The van der Waals surface area contributed by atoms with E-state index in [2.05, 4.69) is 36.1 Å². The molecular weight excluding hydrogens is 323 g/mol. The van der Waals surface area contributed by atoms with Crippen molar-refractivity contribution in [2.24, 2.45) is 11.7 Å². The van der Waals surface area contributed by atoms with Crippen molar-refractivity contribution in [3.63, 3.8) is 0 Å². The van der Waals surface area contributed by atoms with Crippen molar-refractivity contribution in [1.82, 2.24) is 15.1 Å². The van der Waals surface area contributed by atoms with Gasteiger partial charge in [-0.05, 0) is 45.9 Å². The van der Waals surface area contributed by atoms with Crippen molar-refractivity contribution < 1.29 is 4.79 Å². The van der Waals surface area contributed by atoms with Crippen LogP contribution in [0.25, 0.3) is 0 Å². The number of likely N-dealkylation sites (tertiary alicyclic amines) is 1. The number of halogens is 2. The molecule has 0 spiro atoms. The summed E-state index contributed by atoms with van der Waals surface area (Å²) in [6, 6.07) is 0.333. The normalized spacial score (nSPS) is 19.0. The minimum absolute atomic E-state index is 0. The average molecular weight is 357 g/mol. The molecule has 2 unspecified atom stereocenters. The van der Waals surface area contributed by atoms with Crippen molar-refractivity contribution in [2.45, 2.75) is 45.2 Å². The first-order chi connectivity index (χ1) is 9.45. The van der Waals surface area contributed by atoms with Crippen LogP contribution in [0.1, 0.15) is 33.1 Å². The Balaban J connectivity index is 0. The van der Waals surface area contributed by atoms with Crippen LogP contribution >= 0.6 is 24.8 Å². The number of hydrogen-bond donors (Lipinski definition) is 2. The van der Waals surface area contributed by atoms with Gasteiger partial charge < -0.3 is 20.9 Å². The van der Waals surface area contributed by atoms with E-state index in [1.807, 2.05) is 6.92 Å². The molecule has 7 heteroatoms. The molecular formula is C15H34Cl2N4O. The van der Waals surface area contributed by atoms with Crippen molar-refractivity contribution in [3.05, 3.63) is 0 Å². The fourth-order valence-electron chi connectivity index (χ4n) is 2.63. The van der Waals surface area contributed by atoms with E-state index in [1.54, 1.807) is 0 Å². The van der Waals surface area contributed by atoms with Crippen LogP contribution in [0.5, 0.6) is 0 Å². The third-order valence-electron chi connectivity index (χ3n) is 4.57. The Morgan fingerprint density at radius 2 is 1.86 bits per heavy atom. The number of rotatable bonds is 7. The van der Waals surface area contributed by atoms with Crippen molar-refractivity contribution in [1.29, 1.82) is 0 Å². The lowest BCUT2D eigenvalue weighted by Gasteiger charge is -2.35. The van der Waals surface area contributed by atoms with E-state index < -0.39 is 0 Å². The monoisotopic (exact) mass is 356 g/mol. The summed E-state index contributed by atoms with van der Waals surface area (Å²) in [5.41, 5.74) is 5.91. The van der Waals surface area contributed by atoms with E-state index in [4.69, 9.17) is 5.73 Å². The number of nitrogens with two attached hydrogens (primary N) is 1. The average Bonchev–Trinajstić information content (AvgIpc) is 2.45. The molecule has 1 aliphatic rings. The number of nitrogens with zero attached hydrogens (tertiary/aromatic N) is 2. The summed E-state index contributed by atoms with van der Waals surface area (Å²) in [5, 5.41) is 2.96. The summed E-state index contributed by atoms with van der Waals surface area (Å²) in [5.74, 6) is 0.230. The van der Waals surface area contributed by atoms with E-state index >= 15 is 0 Å². The zero-order valence-electron chi connectivity index (χ0n) is 14.4. The number of nitrogens with one attached hydrogen (secondary N) is 1. The number of hydrogen-bond acceptors (Lipinski definition) is 4. The maximum atomic E-state index is 11.9. The van der Waals surface area contributed by atoms with Crippen LogP contribution in [0.3, 0.4) is 0 Å². The van der Waals surface area contributed by atoms with E-state index in [9.17, 15) is 4.79 Å². The second kappa shape index (κ2) is 12.4. The predicted octanol–water partition coefficient (Wildman–Crippen LogP) is 1.35. The van der Waals surface area contributed by atoms with E-state index in [0.29, 0.717) is 12.6 Å². The standard InChI is InChI=1S/C15H32N4O.2ClH/c1-5-12(2)14(16)15(20)17-8-11-19-9-6-13(7-10-19)18(3)4;;/h12-14H,5-11,16H2,1-4H3,(H,17,20);2*1H. The Hall–Kier alpha value is -0.0700. The molecule has 5 nitrogen and oxygen atoms in total. The maximum Gasteiger partial charge on any atom is 0.237 e. The Bertz CT molecular complexity index is 297. The molecule has 0 aromatic rings. The van der Waals surface area contributed by atoms with Gasteiger partial charge in [-0.25, -0.2) is 0 Å². The van der Waals surface area contributed by atoms with Crippen molar-refractivity contribution in [2.75, 3.05) is 40.3 Å². The quantitative estimate of drug-likeness (QED) is 0.722. The lowest BCUT2D eigenvalue weighted by molar-refractivity contribution is -0.123. The molecule has 134 valence electrons. The van der Waals surface area contributed by atoms with Gasteiger partial charge in [0.25, 0.3) is 0 Å². The Labute approximate surface area is 148 Å². The molecule has 22 heavy (non-hydrogen) atoms. The van der Waals surface area contributed by atoms with Crippen LogP contribution in [0.15, 0.2) is 0 Å². The molecule has 1 heterocycles. The molecule has 0 bridgehead atoms. The largest absolute Gasteiger partial charge is 0.353 e. The first-order valence-electron chi connectivity index (χ1n) is 7.87. The third kappa shape index (κ3) is 7.97. The van der Waals surface area contributed by atoms with Gasteiger partial charge in [-0.3, -0.25) is 4.79 Å². The fraction of sp³-hybridized carbons (Fsp3) is 0.933. The van der Waals surface area contributed by atoms with Crippen LogP contribution in [-0.4, -0.2) is 68.1 Å². The topological polar surface area (TPSA) is 61.6 Å². The fourth-order valence-corrected chi connectivity index (χ4v) is 2.63. The Morgan fingerprint density at radius 3 is 2.32 bits per heavy atom. The van der Waals surface area contributed by atoms with Gasteiger partial charge in [0.05, 0.1) is 6.04 Å². The van der Waals surface area contributed by atoms with Gasteiger partial charge in [-0.1, -0.05) is 20.3 Å². The molecule has 1 aliphatic heterocycles. The third-order valence-corrected chi connectivity index (χ3v) is 4.57. The highest BCUT2D eigenvalue weighted by Gasteiger charge is 2.21. The molecule has 1 fully saturated rings. The second-order valence-corrected chi connectivity index (χ2v) is 6.24. The minimum atomic E-state index is -0.375. The highest BCUT2D eigenvalue weighted by atomic mass is 35.5. The SMILES string of the molecule is CCC(C)C(N)C(=O)NCCN1CCC(N(C)C)CC1.Cl.Cl. The molecule has 3 N–H and O–H groups in total. The summed E-state index contributed by atoms with van der Waals surface area (Å²) in [7, 11) is 4.30. The zero-order valence-corrected chi connectivity index (χ0v) is 16.0. The van der Waals surface area contributed by atoms with Crippen molar-refractivity contribution >= 4 is 30.7 Å². The van der Waals surface area contributed by atoms with Crippen LogP contribution < -0.4 is 11.1 Å². The van der Waals surface area contributed by atoms with Gasteiger partial charge in [0.15, 0.2) is 0 Å². The zero-order chi connectivity index (χ0) is 15.1. The molecule has 2 atom stereocenters. The van der Waals surface area contributed by atoms with Gasteiger partial charge in [-0.15, -0.1) is 24.8 Å². The Morgan fingerprint density at radius 1 is 1.32 bits per heavy atom. The smallest absolute Gasteiger partial charge is 0.237 e. The number of amides is 1. The first-order valence-corrected chi connectivity index (χ1v) is 7.87. The number of carbonyl (C=O) groups is 1. The summed E-state index contributed by atoms with van der Waals surface area (Å²) in [6.07, 6.45) is 3.37. The molecule has 0 radical (unpaired) electrons. The lowest BCUT2D eigenvalue weighted by Crippen LogP contribution is -2.48. The molecule has 1 rings (SSSR count). The summed E-state index contributed by atoms with van der Waals surface area (Å²) in [4.78, 5) is 16.6. The Kier molecular flexibility index (Phi) is 13.6. The molecule has 0 aliphatic carbocycles. The molecule has 0 aromatic carbocycles. The molecule has 0 aromatic heterocycles. The maximum absolute atomic E-state index is 11.9. The number of carbonyl (C=O) groups excluding carboxylic acids is 1. The number of piperidine rings is 1. The molecule has 1 saturated heterocycles. The minimum Gasteiger partial charge on any atom is -0.353 e. The van der Waals surface area contributed by atoms with Crippen LogP contribution in [0, 0.1) is 5.92 Å². The summed E-state index contributed by atoms with van der Waals surface area (Å²) < 4.78 is 0. The predicted molar refractivity (Wildman–Crippen MR) is 98.1 cm³/mol. The first kappa shape index (κ1) is 24.2. The molecule has 0 saturated carbocycles. The summed E-state index contributed by atoms with van der Waals surface area (Å²) in [6.45, 7) is 7.96. The van der Waals surface area contributed by atoms with Crippen molar-refractivity contribution in [3.8, 4) is 0 Å². The van der Waals surface area contributed by atoms with E-state index in [1.165, 1.54) is 12.8 Å². The van der Waals surface area contributed by atoms with Gasteiger partial charge >= 0.3 is 0 Å². The van der Waals surface area contributed by atoms with E-state index in [-0.39, 0.29) is 42.7 Å². The lowest BCUT2D eigenvalue weighted by atomic mass is 9.99. The second-order valence-electron chi connectivity index (χ2n) is 6.24. The highest BCUT2D eigenvalue weighted by molar-refractivity contribution is 5.85. The van der Waals surface area contributed by atoms with Crippen LogP contribution in [0.4, 0.5) is 0 Å². The summed E-state index contributed by atoms with van der Waals surface area (Å²) >= 11 is 0. The van der Waals surface area contributed by atoms with Gasteiger partial charge in [0.2, 0.25) is 5.91 Å². The van der Waals surface area contributed by atoms with Crippen LogP contribution in [-0.2, 0) is 4.79 Å².